The van der Waals surface area contributed by atoms with Crippen LogP contribution in [0.25, 0.3) is 0 Å². The summed E-state index contributed by atoms with van der Waals surface area (Å²) < 4.78 is 5.19. The van der Waals surface area contributed by atoms with Gasteiger partial charge in [0.05, 0.1) is 25.4 Å². The highest BCUT2D eigenvalue weighted by molar-refractivity contribution is 6.30. The number of aromatic nitrogens is 1. The van der Waals surface area contributed by atoms with Gasteiger partial charge in [0.15, 0.2) is 0 Å². The van der Waals surface area contributed by atoms with Crippen LogP contribution >= 0.6 is 11.6 Å². The fourth-order valence-corrected chi connectivity index (χ4v) is 1.81. The maximum atomic E-state index is 9.66. The van der Waals surface area contributed by atoms with Crippen molar-refractivity contribution in [1.29, 1.82) is 0 Å². The van der Waals surface area contributed by atoms with Crippen molar-refractivity contribution in [2.24, 2.45) is 0 Å². The molecule has 0 spiro atoms. The molecule has 4 nitrogen and oxygen atoms in total. The van der Waals surface area contributed by atoms with Gasteiger partial charge in [-0.25, -0.2) is 4.98 Å². The van der Waals surface area contributed by atoms with Gasteiger partial charge in [-0.1, -0.05) is 11.6 Å². The standard InChI is InChI=1S/C10H13ClN2O2/c1-13(8-5-15-6-9(8)14)10-4-7(11)2-3-12-10/h2-4,8-9,14H,5-6H2,1H3/t8-,9-/m1/s1. The molecule has 2 atom stereocenters. The molecule has 0 radical (unpaired) electrons. The average Bonchev–Trinajstić information content (AvgIpc) is 2.63. The van der Waals surface area contributed by atoms with Crippen molar-refractivity contribution in [3.05, 3.63) is 23.4 Å². The Balaban J connectivity index is 2.16. The molecule has 5 heteroatoms. The number of pyridine rings is 1. The van der Waals surface area contributed by atoms with Gasteiger partial charge in [-0.05, 0) is 12.1 Å². The number of aliphatic hydroxyl groups is 1. The summed E-state index contributed by atoms with van der Waals surface area (Å²) in [4.78, 5) is 6.09. The summed E-state index contributed by atoms with van der Waals surface area (Å²) in [6, 6.07) is 3.45. The lowest BCUT2D eigenvalue weighted by Gasteiger charge is -2.26. The Morgan fingerprint density at radius 2 is 2.40 bits per heavy atom. The highest BCUT2D eigenvalue weighted by Gasteiger charge is 2.30. The number of nitrogens with zero attached hydrogens (tertiary/aromatic N) is 2. The highest BCUT2D eigenvalue weighted by atomic mass is 35.5. The Morgan fingerprint density at radius 1 is 1.60 bits per heavy atom. The molecule has 1 aromatic rings. The molecule has 1 aromatic heterocycles. The molecule has 1 N–H and O–H groups in total. The van der Waals surface area contributed by atoms with Crippen LogP contribution in [0.1, 0.15) is 0 Å². The van der Waals surface area contributed by atoms with Gasteiger partial charge in [0.2, 0.25) is 0 Å². The van der Waals surface area contributed by atoms with Gasteiger partial charge in [-0.2, -0.15) is 0 Å². The zero-order valence-electron chi connectivity index (χ0n) is 8.43. The molecular weight excluding hydrogens is 216 g/mol. The van der Waals surface area contributed by atoms with Crippen LogP contribution in [0.5, 0.6) is 0 Å². The van der Waals surface area contributed by atoms with E-state index in [1.54, 1.807) is 18.3 Å². The van der Waals surface area contributed by atoms with E-state index < -0.39 is 6.10 Å². The van der Waals surface area contributed by atoms with E-state index in [0.29, 0.717) is 18.2 Å². The molecule has 1 aliphatic heterocycles. The summed E-state index contributed by atoms with van der Waals surface area (Å²) in [6.07, 6.45) is 1.19. The first-order valence-electron chi connectivity index (χ1n) is 4.78. The van der Waals surface area contributed by atoms with E-state index in [9.17, 15) is 5.11 Å². The van der Waals surface area contributed by atoms with Gasteiger partial charge in [0, 0.05) is 18.3 Å². The number of ether oxygens (including phenoxy) is 1. The summed E-state index contributed by atoms with van der Waals surface area (Å²) in [7, 11) is 1.88. The lowest BCUT2D eigenvalue weighted by atomic mass is 10.2. The smallest absolute Gasteiger partial charge is 0.130 e. The Labute approximate surface area is 93.4 Å². The Hall–Kier alpha value is -0.840. The van der Waals surface area contributed by atoms with E-state index in [1.807, 2.05) is 11.9 Å². The summed E-state index contributed by atoms with van der Waals surface area (Å²) in [6.45, 7) is 0.904. The third kappa shape index (κ3) is 2.22. The van der Waals surface area contributed by atoms with E-state index in [1.165, 1.54) is 0 Å². The van der Waals surface area contributed by atoms with Gasteiger partial charge in [0.1, 0.15) is 5.82 Å². The summed E-state index contributed by atoms with van der Waals surface area (Å²) >= 11 is 5.87. The lowest BCUT2D eigenvalue weighted by Crippen LogP contribution is -2.40. The monoisotopic (exact) mass is 228 g/mol. The summed E-state index contributed by atoms with van der Waals surface area (Å²) in [5, 5.41) is 10.3. The van der Waals surface area contributed by atoms with Crippen LogP contribution in [0.2, 0.25) is 5.02 Å². The minimum atomic E-state index is -0.462. The molecule has 1 fully saturated rings. The third-order valence-corrected chi connectivity index (χ3v) is 2.82. The zero-order chi connectivity index (χ0) is 10.8. The Bertz CT molecular complexity index is 348. The minimum Gasteiger partial charge on any atom is -0.388 e. The topological polar surface area (TPSA) is 45.6 Å². The largest absolute Gasteiger partial charge is 0.388 e. The van der Waals surface area contributed by atoms with Crippen molar-refractivity contribution in [1.82, 2.24) is 4.98 Å². The third-order valence-electron chi connectivity index (χ3n) is 2.59. The normalized spacial score (nSPS) is 25.5. The van der Waals surface area contributed by atoms with Crippen LogP contribution in [-0.4, -0.2) is 42.5 Å². The van der Waals surface area contributed by atoms with Crippen molar-refractivity contribution in [2.75, 3.05) is 25.2 Å². The predicted molar refractivity (Wildman–Crippen MR) is 58.3 cm³/mol. The molecular formula is C10H13ClN2O2. The molecule has 1 aliphatic rings. The van der Waals surface area contributed by atoms with Gasteiger partial charge in [-0.3, -0.25) is 0 Å². The van der Waals surface area contributed by atoms with Crippen molar-refractivity contribution in [3.63, 3.8) is 0 Å². The molecule has 0 aromatic carbocycles. The lowest BCUT2D eigenvalue weighted by molar-refractivity contribution is 0.124. The minimum absolute atomic E-state index is 0.0454. The number of anilines is 1. The Kier molecular flexibility index (Phi) is 3.09. The number of aliphatic hydroxyl groups excluding tert-OH is 1. The second kappa shape index (κ2) is 4.35. The van der Waals surface area contributed by atoms with Gasteiger partial charge < -0.3 is 14.7 Å². The first-order valence-corrected chi connectivity index (χ1v) is 5.16. The second-order valence-electron chi connectivity index (χ2n) is 3.62. The summed E-state index contributed by atoms with van der Waals surface area (Å²) in [5.41, 5.74) is 0. The number of halogens is 1. The first kappa shape index (κ1) is 10.7. The molecule has 0 aliphatic carbocycles. The maximum absolute atomic E-state index is 9.66. The van der Waals surface area contributed by atoms with Crippen LogP contribution in [-0.2, 0) is 4.74 Å². The van der Waals surface area contributed by atoms with E-state index >= 15 is 0 Å². The van der Waals surface area contributed by atoms with Gasteiger partial charge in [0.25, 0.3) is 0 Å². The SMILES string of the molecule is CN(c1cc(Cl)ccn1)[C@@H]1COC[C@H]1O. The fourth-order valence-electron chi connectivity index (χ4n) is 1.66. The van der Waals surface area contributed by atoms with Crippen molar-refractivity contribution in [3.8, 4) is 0 Å². The van der Waals surface area contributed by atoms with Crippen LogP contribution in [0.3, 0.4) is 0 Å². The molecule has 82 valence electrons. The van der Waals surface area contributed by atoms with Gasteiger partial charge >= 0.3 is 0 Å². The molecule has 0 saturated carbocycles. The van der Waals surface area contributed by atoms with Crippen molar-refractivity contribution in [2.45, 2.75) is 12.1 Å². The molecule has 2 heterocycles. The fraction of sp³-hybridized carbons (Fsp3) is 0.500. The highest BCUT2D eigenvalue weighted by Crippen LogP contribution is 2.20. The number of hydrogen-bond acceptors (Lipinski definition) is 4. The molecule has 15 heavy (non-hydrogen) atoms. The van der Waals surface area contributed by atoms with Crippen LogP contribution in [0.4, 0.5) is 5.82 Å². The zero-order valence-corrected chi connectivity index (χ0v) is 9.18. The molecule has 0 bridgehead atoms. The van der Waals surface area contributed by atoms with Crippen LogP contribution in [0, 0.1) is 0 Å². The number of hydrogen-bond donors (Lipinski definition) is 1. The van der Waals surface area contributed by atoms with Crippen LogP contribution in [0.15, 0.2) is 18.3 Å². The number of rotatable bonds is 2. The van der Waals surface area contributed by atoms with E-state index in [-0.39, 0.29) is 6.04 Å². The molecule has 2 rings (SSSR count). The average molecular weight is 229 g/mol. The molecule has 0 unspecified atom stereocenters. The molecule has 1 saturated heterocycles. The molecule has 0 amide bonds. The van der Waals surface area contributed by atoms with Crippen LogP contribution < -0.4 is 4.90 Å². The van der Waals surface area contributed by atoms with E-state index in [2.05, 4.69) is 4.98 Å². The quantitative estimate of drug-likeness (QED) is 0.818. The van der Waals surface area contributed by atoms with Crippen molar-refractivity contribution < 1.29 is 9.84 Å². The van der Waals surface area contributed by atoms with Gasteiger partial charge in [-0.15, -0.1) is 0 Å². The summed E-state index contributed by atoms with van der Waals surface area (Å²) in [5.74, 6) is 0.747. The van der Waals surface area contributed by atoms with Crippen molar-refractivity contribution >= 4 is 17.4 Å². The Morgan fingerprint density at radius 3 is 3.00 bits per heavy atom. The van der Waals surface area contributed by atoms with E-state index in [4.69, 9.17) is 16.3 Å². The maximum Gasteiger partial charge on any atom is 0.130 e. The second-order valence-corrected chi connectivity index (χ2v) is 4.05. The first-order chi connectivity index (χ1) is 7.18. The number of likely N-dealkylation sites (N-methyl/N-ethyl adjacent to an activating group) is 1. The van der Waals surface area contributed by atoms with E-state index in [0.717, 1.165) is 5.82 Å². The predicted octanol–water partition coefficient (Wildman–Crippen LogP) is 0.931.